The minimum atomic E-state index is -4.60. The number of aromatic carboxylic acids is 2. The van der Waals surface area contributed by atoms with Crippen molar-refractivity contribution >= 4 is 58.5 Å². The van der Waals surface area contributed by atoms with Gasteiger partial charge in [0.05, 0.1) is 38.2 Å². The van der Waals surface area contributed by atoms with Crippen LogP contribution < -0.4 is 10.6 Å². The summed E-state index contributed by atoms with van der Waals surface area (Å²) in [6.07, 6.45) is -4.60. The molecule has 0 saturated carbocycles. The lowest BCUT2D eigenvalue weighted by Gasteiger charge is -2.15. The molecule has 0 aliphatic heterocycles. The van der Waals surface area contributed by atoms with Gasteiger partial charge in [0.15, 0.2) is 0 Å². The van der Waals surface area contributed by atoms with Crippen LogP contribution in [0.15, 0.2) is 65.6 Å². The fourth-order valence-corrected chi connectivity index (χ4v) is 4.19. The summed E-state index contributed by atoms with van der Waals surface area (Å²) in [4.78, 5) is 48.3. The average Bonchev–Trinajstić information content (AvgIpc) is 2.85. The zero-order valence-corrected chi connectivity index (χ0v) is 20.9. The van der Waals surface area contributed by atoms with Crippen LogP contribution in [0.25, 0.3) is 0 Å². The molecule has 0 bridgehead atoms. The fraction of sp³-hybridized carbons (Fsp3) is 0.120. The van der Waals surface area contributed by atoms with Crippen LogP contribution in [0.4, 0.5) is 24.5 Å². The summed E-state index contributed by atoms with van der Waals surface area (Å²) < 4.78 is 38.9. The summed E-state index contributed by atoms with van der Waals surface area (Å²) in [5, 5.41) is 22.5. The number of benzene rings is 3. The van der Waals surface area contributed by atoms with E-state index in [-0.39, 0.29) is 21.8 Å². The smallest absolute Gasteiger partial charge is 0.416 e. The first kappa shape index (κ1) is 28.5. The zero-order chi connectivity index (χ0) is 28.2. The number of hydrogen-bond donors (Lipinski definition) is 4. The van der Waals surface area contributed by atoms with Crippen molar-refractivity contribution in [3.8, 4) is 0 Å². The largest absolute Gasteiger partial charge is 0.478 e. The number of carboxylic acid groups (broad SMARTS) is 2. The van der Waals surface area contributed by atoms with E-state index in [1.165, 1.54) is 12.1 Å². The first-order valence-electron chi connectivity index (χ1n) is 10.6. The molecule has 0 saturated heterocycles. The van der Waals surface area contributed by atoms with Gasteiger partial charge in [-0.15, -0.1) is 11.8 Å². The van der Waals surface area contributed by atoms with Crippen molar-refractivity contribution in [1.82, 2.24) is 0 Å². The number of alkyl halides is 3. The normalized spacial score (nSPS) is 11.9. The molecule has 198 valence electrons. The Hall–Kier alpha value is -4.03. The second-order valence-electron chi connectivity index (χ2n) is 7.79. The van der Waals surface area contributed by atoms with E-state index in [0.29, 0.717) is 10.6 Å². The molecular formula is C25H18ClF3N2O6S. The lowest BCUT2D eigenvalue weighted by molar-refractivity contribution is -0.137. The third kappa shape index (κ3) is 7.05. The van der Waals surface area contributed by atoms with Gasteiger partial charge in [0.2, 0.25) is 5.91 Å². The molecule has 38 heavy (non-hydrogen) atoms. The molecule has 4 N–H and O–H groups in total. The summed E-state index contributed by atoms with van der Waals surface area (Å²) in [6, 6.07) is 11.9. The van der Waals surface area contributed by atoms with E-state index in [1.807, 2.05) is 0 Å². The Labute approximate surface area is 222 Å². The number of carbonyl (C=O) groups excluding carboxylic acids is 2. The molecule has 0 spiro atoms. The Morgan fingerprint density at radius 2 is 1.53 bits per heavy atom. The van der Waals surface area contributed by atoms with Crippen molar-refractivity contribution in [3.63, 3.8) is 0 Å². The highest BCUT2D eigenvalue weighted by molar-refractivity contribution is 8.00. The van der Waals surface area contributed by atoms with Gasteiger partial charge in [-0.3, -0.25) is 9.59 Å². The molecule has 2 amide bonds. The van der Waals surface area contributed by atoms with Crippen LogP contribution in [0, 0.1) is 0 Å². The van der Waals surface area contributed by atoms with Crippen molar-refractivity contribution in [1.29, 1.82) is 0 Å². The van der Waals surface area contributed by atoms with Crippen LogP contribution in [0.3, 0.4) is 0 Å². The number of amides is 2. The third-order valence-electron chi connectivity index (χ3n) is 5.09. The van der Waals surface area contributed by atoms with Gasteiger partial charge >= 0.3 is 18.1 Å². The Bertz CT molecular complexity index is 1410. The first-order valence-corrected chi connectivity index (χ1v) is 11.9. The van der Waals surface area contributed by atoms with Crippen molar-refractivity contribution in [2.24, 2.45) is 0 Å². The van der Waals surface area contributed by atoms with Gasteiger partial charge in [0.25, 0.3) is 5.91 Å². The van der Waals surface area contributed by atoms with E-state index < -0.39 is 46.3 Å². The monoisotopic (exact) mass is 566 g/mol. The number of anilines is 2. The SMILES string of the molecule is CC(Sc1ccc(NC(=O)c2ccc(C(=O)O)cc2C(=O)O)cc1)C(=O)Nc1cc(C(F)(F)F)ccc1Cl. The van der Waals surface area contributed by atoms with Gasteiger partial charge in [-0.25, -0.2) is 9.59 Å². The minimum Gasteiger partial charge on any atom is -0.478 e. The predicted molar refractivity (Wildman–Crippen MR) is 135 cm³/mol. The number of carbonyl (C=O) groups is 4. The molecule has 1 unspecified atom stereocenters. The van der Waals surface area contributed by atoms with Crippen LogP contribution in [0.1, 0.15) is 43.6 Å². The van der Waals surface area contributed by atoms with E-state index in [1.54, 1.807) is 19.1 Å². The molecule has 3 aromatic rings. The molecule has 0 aromatic heterocycles. The van der Waals surface area contributed by atoms with Gasteiger partial charge in [0.1, 0.15) is 0 Å². The van der Waals surface area contributed by atoms with Crippen molar-refractivity contribution < 1.29 is 42.6 Å². The summed E-state index contributed by atoms with van der Waals surface area (Å²) >= 11 is 7.02. The minimum absolute atomic E-state index is 0.0488. The van der Waals surface area contributed by atoms with Gasteiger partial charge in [-0.05, 0) is 67.6 Å². The standard InChI is InChI=1S/C25H18ClF3N2O6S/c1-12(21(32)31-20-11-14(25(27,28)29)3-9-19(20)26)38-16-6-4-15(5-7-16)30-22(33)17-8-2-13(23(34)35)10-18(17)24(36)37/h2-12H,1H3,(H,30,33)(H,31,32)(H,34,35)(H,36,37). The predicted octanol–water partition coefficient (Wildman–Crippen LogP) is 6.13. The fourth-order valence-electron chi connectivity index (χ4n) is 3.16. The Balaban J connectivity index is 1.66. The summed E-state index contributed by atoms with van der Waals surface area (Å²) in [5.41, 5.74) is -1.83. The van der Waals surface area contributed by atoms with E-state index in [9.17, 15) is 37.5 Å². The quantitative estimate of drug-likeness (QED) is 0.241. The number of carboxylic acids is 2. The lowest BCUT2D eigenvalue weighted by Crippen LogP contribution is -2.23. The van der Waals surface area contributed by atoms with Gasteiger partial charge in [0, 0.05) is 10.6 Å². The van der Waals surface area contributed by atoms with Crippen molar-refractivity contribution in [3.05, 3.63) is 87.9 Å². The Kier molecular flexibility index (Phi) is 8.69. The van der Waals surface area contributed by atoms with Crippen LogP contribution in [0.5, 0.6) is 0 Å². The number of halogens is 4. The number of nitrogens with one attached hydrogen (secondary N) is 2. The molecule has 0 aliphatic carbocycles. The maximum absolute atomic E-state index is 13.0. The van der Waals surface area contributed by atoms with Crippen LogP contribution >= 0.6 is 23.4 Å². The summed E-state index contributed by atoms with van der Waals surface area (Å²) in [7, 11) is 0. The zero-order valence-electron chi connectivity index (χ0n) is 19.3. The topological polar surface area (TPSA) is 133 Å². The Morgan fingerprint density at radius 1 is 0.868 bits per heavy atom. The van der Waals surface area contributed by atoms with Crippen molar-refractivity contribution in [2.75, 3.05) is 10.6 Å². The van der Waals surface area contributed by atoms with Crippen LogP contribution in [-0.2, 0) is 11.0 Å². The molecule has 3 rings (SSSR count). The molecule has 13 heteroatoms. The van der Waals surface area contributed by atoms with Gasteiger partial charge in [-0.1, -0.05) is 11.6 Å². The van der Waals surface area contributed by atoms with Crippen LogP contribution in [0.2, 0.25) is 5.02 Å². The third-order valence-corrected chi connectivity index (χ3v) is 6.53. The Morgan fingerprint density at radius 3 is 2.11 bits per heavy atom. The number of hydrogen-bond acceptors (Lipinski definition) is 5. The van der Waals surface area contributed by atoms with E-state index in [2.05, 4.69) is 10.6 Å². The maximum atomic E-state index is 13.0. The number of thioether (sulfide) groups is 1. The molecule has 1 atom stereocenters. The van der Waals surface area contributed by atoms with Gasteiger partial charge in [-0.2, -0.15) is 13.2 Å². The summed E-state index contributed by atoms with van der Waals surface area (Å²) in [6.45, 7) is 1.55. The lowest BCUT2D eigenvalue weighted by atomic mass is 10.0. The highest BCUT2D eigenvalue weighted by Gasteiger charge is 2.31. The molecule has 0 radical (unpaired) electrons. The van der Waals surface area contributed by atoms with E-state index in [0.717, 1.165) is 48.2 Å². The highest BCUT2D eigenvalue weighted by Crippen LogP contribution is 2.34. The van der Waals surface area contributed by atoms with E-state index in [4.69, 9.17) is 16.7 Å². The van der Waals surface area contributed by atoms with Gasteiger partial charge < -0.3 is 20.8 Å². The van der Waals surface area contributed by atoms with Crippen LogP contribution in [-0.4, -0.2) is 39.2 Å². The summed E-state index contributed by atoms with van der Waals surface area (Å²) in [5.74, 6) is -4.16. The molecule has 0 aliphatic rings. The highest BCUT2D eigenvalue weighted by atomic mass is 35.5. The molecule has 3 aromatic carbocycles. The maximum Gasteiger partial charge on any atom is 0.416 e. The molecular weight excluding hydrogens is 549 g/mol. The van der Waals surface area contributed by atoms with Crippen molar-refractivity contribution in [2.45, 2.75) is 23.2 Å². The number of rotatable bonds is 8. The molecule has 0 heterocycles. The first-order chi connectivity index (χ1) is 17.8. The molecule has 8 nitrogen and oxygen atoms in total. The van der Waals surface area contributed by atoms with E-state index >= 15 is 0 Å². The molecule has 0 fully saturated rings. The second-order valence-corrected chi connectivity index (χ2v) is 9.61. The second kappa shape index (κ2) is 11.6. The average molecular weight is 567 g/mol.